The summed E-state index contributed by atoms with van der Waals surface area (Å²) in [6, 6.07) is 81.9. The van der Waals surface area contributed by atoms with Crippen LogP contribution in [0.1, 0.15) is 133 Å². The number of fused-ring (bicyclic) bond motifs is 12. The predicted molar refractivity (Wildman–Crippen MR) is 444 cm³/mol. The van der Waals surface area contributed by atoms with E-state index in [0.29, 0.717) is 96.2 Å². The summed E-state index contributed by atoms with van der Waals surface area (Å²) >= 11 is 0. The molecule has 11 aromatic carbocycles. The van der Waals surface area contributed by atoms with Crippen molar-refractivity contribution in [2.24, 2.45) is 23.5 Å². The van der Waals surface area contributed by atoms with Crippen molar-refractivity contribution < 1.29 is 91.8 Å². The molecule has 0 radical (unpaired) electrons. The second-order valence-electron chi connectivity index (χ2n) is 31.1. The van der Waals surface area contributed by atoms with Crippen molar-refractivity contribution in [1.82, 2.24) is 0 Å². The highest BCUT2D eigenvalue weighted by molar-refractivity contribution is 6.08. The number of nitrogens with two attached hydrogens (primary N) is 1. The zero-order valence-electron chi connectivity index (χ0n) is 68.5. The number of rotatable bonds is 15. The number of esters is 2. The van der Waals surface area contributed by atoms with Crippen LogP contribution in [0.2, 0.25) is 0 Å². The Morgan fingerprint density at radius 3 is 1.17 bits per heavy atom. The van der Waals surface area contributed by atoms with E-state index in [2.05, 4.69) is 43.3 Å². The summed E-state index contributed by atoms with van der Waals surface area (Å²) in [7, 11) is 8.78. The first-order valence-corrected chi connectivity index (χ1v) is 39.2. The van der Waals surface area contributed by atoms with E-state index in [-0.39, 0.29) is 24.0 Å². The smallest absolute Gasteiger partial charge is 0.373 e. The van der Waals surface area contributed by atoms with E-state index < -0.39 is 86.9 Å². The third-order valence-corrected chi connectivity index (χ3v) is 24.6. The monoisotopic (exact) mass is 1600 g/mol. The number of aliphatic hydroxyl groups excluding tert-OH is 1. The fourth-order valence-electron chi connectivity index (χ4n) is 19.3. The number of ketones is 2. The molecule has 3 fully saturated rings. The average molecular weight is 1600 g/mol. The molecule has 0 spiro atoms. The molecule has 6 bridgehead atoms. The van der Waals surface area contributed by atoms with Gasteiger partial charge in [0.25, 0.3) is 0 Å². The maximum Gasteiger partial charge on any atom is 0.373 e. The lowest BCUT2D eigenvalue weighted by atomic mass is 9.75. The molecular weight excluding hydrogens is 1510 g/mol. The summed E-state index contributed by atoms with van der Waals surface area (Å²) in [5.74, 6) is -3.47. The minimum atomic E-state index is -2.13. The van der Waals surface area contributed by atoms with Gasteiger partial charge in [-0.05, 0) is 127 Å². The van der Waals surface area contributed by atoms with Gasteiger partial charge in [-0.1, -0.05) is 232 Å². The molecule has 0 aromatic heterocycles. The normalized spacial score (nSPS) is 25.6. The van der Waals surface area contributed by atoms with Gasteiger partial charge in [-0.3, -0.25) is 19.2 Å². The van der Waals surface area contributed by atoms with Crippen molar-refractivity contribution in [2.75, 3.05) is 42.7 Å². The fraction of sp³-hybridized carbons (Fsp3) is 0.283. The zero-order chi connectivity index (χ0) is 85.3. The molecule has 6 N–H and O–H groups in total. The predicted octanol–water partition coefficient (Wildman–Crippen LogP) is 15.1. The summed E-state index contributed by atoms with van der Waals surface area (Å²) in [5.41, 5.74) is 8.11. The number of aryl methyl sites for hydroxylation is 5. The van der Waals surface area contributed by atoms with Gasteiger partial charge in [-0.2, -0.15) is 9.59 Å². The van der Waals surface area contributed by atoms with E-state index in [9.17, 15) is 39.6 Å². The number of carbonyl (C=O) groups excluding carboxylic acids is 6. The van der Waals surface area contributed by atoms with Gasteiger partial charge in [0.2, 0.25) is 22.8 Å². The molecule has 119 heavy (non-hydrogen) atoms. The van der Waals surface area contributed by atoms with Crippen LogP contribution in [-0.2, 0) is 71.8 Å². The van der Waals surface area contributed by atoms with Crippen LogP contribution in [0.5, 0.6) is 40.2 Å². The van der Waals surface area contributed by atoms with Crippen LogP contribution >= 0.6 is 0 Å². The van der Waals surface area contributed by atoms with Gasteiger partial charge < -0.3 is 68.8 Å². The molecule has 3 heterocycles. The van der Waals surface area contributed by atoms with Gasteiger partial charge in [0.1, 0.15) is 63.8 Å². The Morgan fingerprint density at radius 2 is 0.790 bits per heavy atom. The van der Waals surface area contributed by atoms with Crippen molar-refractivity contribution in [3.05, 3.63) is 350 Å². The second-order valence-corrected chi connectivity index (χ2v) is 31.1. The van der Waals surface area contributed by atoms with E-state index in [4.69, 9.17) is 58.0 Å². The average Bonchev–Trinajstić information content (AvgIpc) is 1.51. The molecule has 11 aromatic rings. The molecule has 3 saturated carbocycles. The number of Topliss-reactive ketones (excluding diaryl/α,β-unsaturated/α-hetero) is 2. The van der Waals surface area contributed by atoms with Crippen LogP contribution in [0, 0.1) is 52.4 Å². The second kappa shape index (κ2) is 33.8. The molecule has 17 rings (SSSR count). The summed E-state index contributed by atoms with van der Waals surface area (Å²) in [5, 5.41) is 48.7. The van der Waals surface area contributed by atoms with Crippen LogP contribution < -0.4 is 38.9 Å². The standard InChI is InChI=1S/2C28H26O6.C27H28O5.C15H17N.CO2/c2*1-16-14-17(2)22-21(15-16)34-28(19-10-12-20(32-3)13-11-19)23(18-8-6-5-7-9-18)24(25(29)33-4)27(22,31)26(28)30;1-16-10-12-19(13-11-16)27-23(18-8-6-5-7-9-18)17(2)26(29,25(27)28)24-21(31-4)14-20(30-3)15-22(24)32-27;1-12(13-8-4-2-5-9-13)15(16)14-10-6-3-7-11-14;2-1-3/h2*5-15,23-24,31H,1-4H3;5-15,17,23,25,28-29H,1-4H3;2-12,15H,16H2,1H3;/t2*23-,24+,27+,28+;17-,23+,25?,26-,27+;12-,15+;/m1101./s1. The molecule has 1 unspecified atom stereocenters. The zero-order valence-corrected chi connectivity index (χ0v) is 68.5. The summed E-state index contributed by atoms with van der Waals surface area (Å²) < 4.78 is 52.1. The van der Waals surface area contributed by atoms with Gasteiger partial charge in [0, 0.05) is 58.2 Å². The van der Waals surface area contributed by atoms with Gasteiger partial charge >= 0.3 is 18.1 Å². The van der Waals surface area contributed by atoms with Crippen LogP contribution in [0.15, 0.2) is 261 Å². The van der Waals surface area contributed by atoms with Gasteiger partial charge in [0.15, 0.2) is 16.8 Å². The van der Waals surface area contributed by atoms with Crippen molar-refractivity contribution in [1.29, 1.82) is 0 Å². The van der Waals surface area contributed by atoms with Gasteiger partial charge in [0.05, 0.1) is 60.1 Å². The lowest BCUT2D eigenvalue weighted by molar-refractivity contribution is -0.191. The SMILES string of the molecule is COC(=O)[C@@H]1[C@@H](c2ccccc2)[C@]2(c3ccc(OC)cc3)Oc3cc(C)cc(C)c3[C@@]1(O)C2=O.COC(=O)[C@@H]1[C@@H](c2ccccc2)[C@]2(c3ccc(OC)cc3)Oc3cc(C)cc(C)c3[C@@]1(O)C2=O.COc1cc(OC)c2c(c1)O[C@@]1(c3ccc(C)cc3)C(O)[C@]2(O)[C@@H](C)[C@@H]1c1ccccc1.C[C@H](c1ccccc1)[C@H](N)c1ccccc1.O=C=O. The summed E-state index contributed by atoms with van der Waals surface area (Å²) in [6.07, 6.45) is -0.965. The topological polar surface area (TPSA) is 292 Å². The Bertz CT molecular complexity index is 5310. The Hall–Kier alpha value is -12.5. The van der Waals surface area contributed by atoms with Crippen molar-refractivity contribution in [3.63, 3.8) is 0 Å². The minimum absolute atomic E-state index is 0.0589. The van der Waals surface area contributed by atoms with Gasteiger partial charge in [-0.15, -0.1) is 0 Å². The third-order valence-electron chi connectivity index (χ3n) is 24.6. The van der Waals surface area contributed by atoms with E-state index in [1.54, 1.807) is 101 Å². The first-order chi connectivity index (χ1) is 57.1. The molecule has 6 aliphatic rings. The first-order valence-electron chi connectivity index (χ1n) is 39.2. The molecule has 20 heteroatoms. The van der Waals surface area contributed by atoms with Crippen LogP contribution in [0.25, 0.3) is 0 Å². The number of methoxy groups -OCH3 is 6. The Balaban J connectivity index is 0.000000139. The highest BCUT2D eigenvalue weighted by Crippen LogP contribution is 2.70. The third kappa shape index (κ3) is 14.0. The summed E-state index contributed by atoms with van der Waals surface area (Å²) in [4.78, 5) is 71.7. The largest absolute Gasteiger partial charge is 0.497 e. The van der Waals surface area contributed by atoms with Crippen molar-refractivity contribution in [2.45, 2.75) is 118 Å². The number of hydrogen-bond donors (Lipinski definition) is 5. The van der Waals surface area contributed by atoms with Crippen LogP contribution in [-0.4, -0.2) is 98.8 Å². The first kappa shape index (κ1) is 84.4. The molecule has 0 saturated heterocycles. The minimum Gasteiger partial charge on any atom is -0.497 e. The molecule has 3 aliphatic heterocycles. The van der Waals surface area contributed by atoms with E-state index in [1.807, 2.05) is 193 Å². The number of aliphatic hydroxyl groups is 4. The number of carbonyl (C=O) groups is 4. The highest BCUT2D eigenvalue weighted by Gasteiger charge is 2.79. The maximum absolute atomic E-state index is 14.4. The number of benzene rings is 11. The van der Waals surface area contributed by atoms with E-state index in [0.717, 1.165) is 27.8 Å². The quantitative estimate of drug-likeness (QED) is 0.0596. The van der Waals surface area contributed by atoms with E-state index >= 15 is 0 Å². The molecular formula is C99H97NO19. The lowest BCUT2D eigenvalue weighted by Crippen LogP contribution is -2.54. The molecule has 20 nitrogen and oxygen atoms in total. The Labute approximate surface area is 692 Å². The van der Waals surface area contributed by atoms with Crippen LogP contribution in [0.4, 0.5) is 0 Å². The molecule has 0 amide bonds. The highest BCUT2D eigenvalue weighted by atomic mass is 16.6. The van der Waals surface area contributed by atoms with Gasteiger partial charge in [-0.25, -0.2) is 0 Å². The lowest BCUT2D eigenvalue weighted by Gasteiger charge is -2.45. The van der Waals surface area contributed by atoms with Crippen LogP contribution in [0.3, 0.4) is 0 Å². The maximum atomic E-state index is 14.4. The molecule has 15 atom stereocenters. The fourth-order valence-corrected chi connectivity index (χ4v) is 19.3. The van der Waals surface area contributed by atoms with E-state index in [1.165, 1.54) is 25.3 Å². The molecule has 612 valence electrons. The Kier molecular flexibility index (Phi) is 24.0. The molecule has 3 aliphatic carbocycles. The van der Waals surface area contributed by atoms with Crippen molar-refractivity contribution in [3.8, 4) is 40.2 Å². The number of ether oxygens (including phenoxy) is 9. The van der Waals surface area contributed by atoms with Crippen molar-refractivity contribution >= 4 is 29.7 Å². The Morgan fingerprint density at radius 1 is 0.429 bits per heavy atom. The summed E-state index contributed by atoms with van der Waals surface area (Å²) in [6.45, 7) is 13.6. The number of hydrogen-bond acceptors (Lipinski definition) is 20.